The van der Waals surface area contributed by atoms with Crippen LogP contribution in [0, 0.1) is 0 Å². The van der Waals surface area contributed by atoms with E-state index in [1.807, 2.05) is 39.4 Å². The van der Waals surface area contributed by atoms with Crippen molar-refractivity contribution in [1.82, 2.24) is 5.32 Å². The summed E-state index contributed by atoms with van der Waals surface area (Å²) in [6.07, 6.45) is 63.6. The lowest BCUT2D eigenvalue weighted by Crippen LogP contribution is -2.47. The zero-order chi connectivity index (χ0) is 50.1. The average molecular weight is 967 g/mol. The van der Waals surface area contributed by atoms with E-state index < -0.39 is 26.6 Å². The first-order valence-corrected chi connectivity index (χ1v) is 28.2. The zero-order valence-electron chi connectivity index (χ0n) is 44.0. The topological polar surface area (TPSA) is 114 Å². The second kappa shape index (κ2) is 47.4. The van der Waals surface area contributed by atoms with Crippen molar-refractivity contribution in [3.63, 3.8) is 0 Å². The number of rotatable bonds is 46. The van der Waals surface area contributed by atoms with E-state index in [1.54, 1.807) is 6.08 Å². The van der Waals surface area contributed by atoms with Crippen molar-refractivity contribution in [2.45, 2.75) is 206 Å². The van der Waals surface area contributed by atoms with E-state index in [9.17, 15) is 19.0 Å². The summed E-state index contributed by atoms with van der Waals surface area (Å²) in [6.45, 7) is 6.49. The van der Waals surface area contributed by atoms with Gasteiger partial charge in [0.25, 0.3) is 7.82 Å². The Labute approximate surface area is 417 Å². The molecule has 0 spiro atoms. The van der Waals surface area contributed by atoms with Gasteiger partial charge >= 0.3 is 5.97 Å². The molecule has 1 amide bonds. The molecule has 0 saturated heterocycles. The number of hydrogen-bond donors (Lipinski definition) is 1. The number of nitrogens with one attached hydrogen (secondary N) is 1. The molecule has 3 atom stereocenters. The van der Waals surface area contributed by atoms with Gasteiger partial charge in [-0.25, -0.2) is 0 Å². The molecule has 0 aliphatic carbocycles. The standard InChI is InChI=1S/C58H99N2O7P/c1-7-10-13-16-19-22-25-27-29-31-32-35-38-41-44-47-50-57(61)59-55(54-66-68(63,64)65-53-52-60(4,5)6)56(49-46-43-40-37-34-24-21-18-15-12-9-3)67-58(62)51-48-45-42-39-36-33-30-28-26-23-20-17-14-11-8-2/h10-11,13-14,17,19-20,22-23,26-27,29,32,35,41,44,46,49,55-56H,7-9,12,15-16,18,21,24-25,28,30-31,33-34,36-40,42-43,45,47-48,50-54H2,1-6H3,(H-,59,61,63,64)/b13-10+,14-11+,20-17+,22-19+,26-23+,29-27+,35-32+,44-41+,49-46+. The number of allylic oxidation sites excluding steroid dienone is 17. The summed E-state index contributed by atoms with van der Waals surface area (Å²) in [7, 11) is 1.11. The van der Waals surface area contributed by atoms with Crippen molar-refractivity contribution in [2.75, 3.05) is 40.9 Å². The lowest BCUT2D eigenvalue weighted by molar-refractivity contribution is -0.870. The molecule has 0 radical (unpaired) electrons. The third kappa shape index (κ3) is 47.7. The summed E-state index contributed by atoms with van der Waals surface area (Å²) >= 11 is 0. The van der Waals surface area contributed by atoms with Crippen molar-refractivity contribution in [1.29, 1.82) is 0 Å². The van der Waals surface area contributed by atoms with Crippen molar-refractivity contribution >= 4 is 19.7 Å². The Hall–Kier alpha value is -3.33. The first-order valence-electron chi connectivity index (χ1n) is 26.7. The van der Waals surface area contributed by atoms with E-state index in [2.05, 4.69) is 111 Å². The highest BCUT2D eigenvalue weighted by atomic mass is 31.2. The van der Waals surface area contributed by atoms with Crippen molar-refractivity contribution < 1.29 is 37.3 Å². The number of esters is 1. The second-order valence-corrected chi connectivity index (χ2v) is 20.1. The number of carbonyl (C=O) groups is 2. The fourth-order valence-corrected chi connectivity index (χ4v) is 7.64. The molecule has 0 rings (SSSR count). The molecule has 0 heterocycles. The Morgan fingerprint density at radius 2 is 1.03 bits per heavy atom. The molecule has 1 N–H and O–H groups in total. The Balaban J connectivity index is 5.53. The normalized spacial score (nSPS) is 14.8. The van der Waals surface area contributed by atoms with E-state index in [4.69, 9.17) is 13.8 Å². The first-order chi connectivity index (χ1) is 32.9. The second-order valence-electron chi connectivity index (χ2n) is 18.7. The van der Waals surface area contributed by atoms with Crippen LogP contribution < -0.4 is 10.2 Å². The highest BCUT2D eigenvalue weighted by Gasteiger charge is 2.27. The van der Waals surface area contributed by atoms with Crippen LogP contribution in [0.25, 0.3) is 0 Å². The maximum Gasteiger partial charge on any atom is 0.306 e. The summed E-state index contributed by atoms with van der Waals surface area (Å²) in [5.74, 6) is -0.664. The lowest BCUT2D eigenvalue weighted by Gasteiger charge is -2.30. The minimum atomic E-state index is -4.72. The maximum atomic E-state index is 13.4. The highest BCUT2D eigenvalue weighted by Crippen LogP contribution is 2.38. The van der Waals surface area contributed by atoms with Crippen LogP contribution >= 0.6 is 7.82 Å². The molecular weight excluding hydrogens is 868 g/mol. The monoisotopic (exact) mass is 967 g/mol. The quantitative estimate of drug-likeness (QED) is 0.0161. The van der Waals surface area contributed by atoms with Gasteiger partial charge in [0.15, 0.2) is 0 Å². The van der Waals surface area contributed by atoms with E-state index in [0.29, 0.717) is 23.9 Å². The third-order valence-corrected chi connectivity index (χ3v) is 12.0. The molecule has 68 heavy (non-hydrogen) atoms. The van der Waals surface area contributed by atoms with Crippen LogP contribution in [-0.4, -0.2) is 69.4 Å². The summed E-state index contributed by atoms with van der Waals surface area (Å²) in [5, 5.41) is 2.95. The predicted molar refractivity (Wildman–Crippen MR) is 288 cm³/mol. The van der Waals surface area contributed by atoms with E-state index in [-0.39, 0.29) is 31.3 Å². The van der Waals surface area contributed by atoms with Gasteiger partial charge in [0.2, 0.25) is 5.91 Å². The van der Waals surface area contributed by atoms with Gasteiger partial charge in [-0.1, -0.05) is 208 Å². The summed E-state index contributed by atoms with van der Waals surface area (Å²) in [4.78, 5) is 39.7. The minimum absolute atomic E-state index is 0.0435. The number of nitrogens with zero attached hydrogens (tertiary/aromatic N) is 1. The smallest absolute Gasteiger partial charge is 0.306 e. The number of phosphoric acid groups is 1. The molecule has 0 bridgehead atoms. The fourth-order valence-electron chi connectivity index (χ4n) is 6.92. The van der Waals surface area contributed by atoms with E-state index >= 15 is 0 Å². The molecule has 9 nitrogen and oxygen atoms in total. The number of carbonyl (C=O) groups excluding carboxylic acids is 2. The molecule has 0 aromatic carbocycles. The summed E-state index contributed by atoms with van der Waals surface area (Å²) in [5.41, 5.74) is 0. The Kier molecular flexibility index (Phi) is 45.0. The van der Waals surface area contributed by atoms with Crippen molar-refractivity contribution in [3.05, 3.63) is 109 Å². The number of unbranched alkanes of at least 4 members (excludes halogenated alkanes) is 16. The van der Waals surface area contributed by atoms with Gasteiger partial charge in [-0.3, -0.25) is 14.2 Å². The number of quaternary nitrogens is 1. The van der Waals surface area contributed by atoms with Gasteiger partial charge in [0, 0.05) is 12.8 Å². The number of phosphoric ester groups is 1. The van der Waals surface area contributed by atoms with Crippen LogP contribution in [0.4, 0.5) is 0 Å². The molecule has 0 aliphatic heterocycles. The number of hydrogen-bond acceptors (Lipinski definition) is 7. The number of amides is 1. The molecule has 0 aromatic rings. The predicted octanol–water partition coefficient (Wildman–Crippen LogP) is 15.2. The van der Waals surface area contributed by atoms with Gasteiger partial charge in [0.05, 0.1) is 33.8 Å². The molecule has 3 unspecified atom stereocenters. The van der Waals surface area contributed by atoms with Crippen LogP contribution in [0.1, 0.15) is 194 Å². The largest absolute Gasteiger partial charge is 0.756 e. The van der Waals surface area contributed by atoms with Crippen molar-refractivity contribution in [2.24, 2.45) is 0 Å². The molecule has 10 heteroatoms. The number of ether oxygens (including phenoxy) is 1. The Morgan fingerprint density at radius 3 is 1.57 bits per heavy atom. The van der Waals surface area contributed by atoms with Crippen molar-refractivity contribution in [3.8, 4) is 0 Å². The molecule has 388 valence electrons. The molecule has 0 aliphatic rings. The molecule has 0 fully saturated rings. The van der Waals surface area contributed by atoms with Gasteiger partial charge < -0.3 is 28.5 Å². The Morgan fingerprint density at radius 1 is 0.544 bits per heavy atom. The van der Waals surface area contributed by atoms with Gasteiger partial charge in [0.1, 0.15) is 19.3 Å². The van der Waals surface area contributed by atoms with Gasteiger partial charge in [-0.05, 0) is 83.1 Å². The Bertz CT molecular complexity index is 1530. The SMILES string of the molecule is CC/C=C/C=C/C=C/CCCCCCCCCC(=O)OC(/C=C/CCCCCCCCCCC)C(COP(=O)([O-])OCC[N+](C)(C)C)NC(=O)CC/C=C/C/C=C/C/C=C/C/C=C/C/C=C/CC. The van der Waals surface area contributed by atoms with Crippen LogP contribution in [0.5, 0.6) is 0 Å². The molecular formula is C58H99N2O7P. The zero-order valence-corrected chi connectivity index (χ0v) is 44.9. The van der Waals surface area contributed by atoms with E-state index in [0.717, 1.165) is 83.5 Å². The summed E-state index contributed by atoms with van der Waals surface area (Å²) in [6, 6.07) is -0.938. The van der Waals surface area contributed by atoms with E-state index in [1.165, 1.54) is 64.2 Å². The maximum absolute atomic E-state index is 13.4. The highest BCUT2D eigenvalue weighted by molar-refractivity contribution is 7.45. The minimum Gasteiger partial charge on any atom is -0.756 e. The van der Waals surface area contributed by atoms with Crippen LogP contribution in [-0.2, 0) is 27.9 Å². The number of likely N-dealkylation sites (N-methyl/N-ethyl adjacent to an activating group) is 1. The molecule has 0 saturated carbocycles. The molecule has 0 aromatic heterocycles. The van der Waals surface area contributed by atoms with Crippen LogP contribution in [0.15, 0.2) is 109 Å². The van der Waals surface area contributed by atoms with Gasteiger partial charge in [-0.15, -0.1) is 0 Å². The van der Waals surface area contributed by atoms with Crippen LogP contribution in [0.2, 0.25) is 0 Å². The third-order valence-electron chi connectivity index (χ3n) is 11.0. The average Bonchev–Trinajstić information content (AvgIpc) is 3.29. The summed E-state index contributed by atoms with van der Waals surface area (Å²) < 4.78 is 30.1. The lowest BCUT2D eigenvalue weighted by atomic mass is 10.1. The first kappa shape index (κ1) is 64.7. The van der Waals surface area contributed by atoms with Crippen LogP contribution in [0.3, 0.4) is 0 Å². The fraction of sp³-hybridized carbons (Fsp3) is 0.655. The van der Waals surface area contributed by atoms with Gasteiger partial charge in [-0.2, -0.15) is 0 Å².